The number of pyridine rings is 1. The Hall–Kier alpha value is -5.88. The van der Waals surface area contributed by atoms with Gasteiger partial charge in [0.15, 0.2) is 0 Å². The molecule has 1 aromatic heterocycles. The van der Waals surface area contributed by atoms with Crippen LogP contribution in [0.2, 0.25) is 0 Å². The molecule has 6 rings (SSSR count). The first-order valence-electron chi connectivity index (χ1n) is 14.3. The molecule has 2 amide bonds. The van der Waals surface area contributed by atoms with Gasteiger partial charge in [-0.15, -0.1) is 0 Å². The lowest BCUT2D eigenvalue weighted by atomic mass is 10.0. The average Bonchev–Trinajstić information content (AvgIpc) is 3.29. The van der Waals surface area contributed by atoms with Crippen LogP contribution in [0, 0.1) is 12.4 Å². The molecule has 0 bridgehead atoms. The van der Waals surface area contributed by atoms with Crippen molar-refractivity contribution in [2.24, 2.45) is 0 Å². The van der Waals surface area contributed by atoms with Gasteiger partial charge in [-0.25, -0.2) is 9.24 Å². The minimum atomic E-state index is -0.336. The van der Waals surface area contributed by atoms with E-state index < -0.39 is 0 Å². The van der Waals surface area contributed by atoms with Gasteiger partial charge in [-0.1, -0.05) is 36.4 Å². The van der Waals surface area contributed by atoms with Crippen LogP contribution in [0.4, 0.5) is 10.1 Å². The number of Topliss-reactive ketones (excluding diaryl/α,β-unsaturated/α-hetero) is 1. The van der Waals surface area contributed by atoms with Crippen LogP contribution in [0.3, 0.4) is 0 Å². The number of ether oxygens (including phenoxy) is 2. The summed E-state index contributed by atoms with van der Waals surface area (Å²) in [5, 5.41) is 0.625. The summed E-state index contributed by atoms with van der Waals surface area (Å²) < 4.78 is 25.2. The summed E-state index contributed by atoms with van der Waals surface area (Å²) in [5.41, 5.74) is 3.24. The molecule has 0 N–H and O–H groups in total. The second-order valence-electron chi connectivity index (χ2n) is 10.5. The van der Waals surface area contributed by atoms with E-state index in [1.807, 2.05) is 12.1 Å². The number of halogens is 1. The fraction of sp³-hybridized carbons (Fsp3) is 0.139. The maximum absolute atomic E-state index is 13.1. The van der Waals surface area contributed by atoms with E-state index in [0.717, 1.165) is 11.1 Å². The predicted octanol–water partition coefficient (Wildman–Crippen LogP) is 7.14. The zero-order valence-corrected chi connectivity index (χ0v) is 24.0. The molecule has 0 atom stereocenters. The molecular weight excluding hydrogens is 573 g/mol. The molecule has 1 aliphatic heterocycles. The number of aromatic nitrogens is 1. The van der Waals surface area contributed by atoms with Gasteiger partial charge in [0.05, 0.1) is 29.8 Å². The standard InChI is InChI=1S/C36H26FN3O5/c1-38-32-21-30-31(22-34(32)44-18-4-17-40-35(42)28-5-2-3-6-29(28)36(40)43)39-16-15-33(30)45-27-13-9-24(10-14-27)20-26(41)19-23-7-11-25(37)12-8-23/h2-3,5-16,21-22H,4,17-20H2. The molecule has 2 heterocycles. The van der Waals surface area contributed by atoms with Crippen LogP contribution >= 0.6 is 0 Å². The van der Waals surface area contributed by atoms with Crippen LogP contribution in [0.1, 0.15) is 38.3 Å². The molecular formula is C36H26FN3O5. The number of amides is 2. The highest BCUT2D eigenvalue weighted by atomic mass is 19.1. The monoisotopic (exact) mass is 599 g/mol. The summed E-state index contributed by atoms with van der Waals surface area (Å²) in [6.07, 6.45) is 2.46. The molecule has 0 fully saturated rings. The Labute approximate surface area is 258 Å². The molecule has 5 aromatic rings. The van der Waals surface area contributed by atoms with Gasteiger partial charge in [0.25, 0.3) is 11.8 Å². The van der Waals surface area contributed by atoms with Gasteiger partial charge in [0, 0.05) is 31.0 Å². The van der Waals surface area contributed by atoms with E-state index in [4.69, 9.17) is 16.0 Å². The van der Waals surface area contributed by atoms with Gasteiger partial charge >= 0.3 is 0 Å². The Morgan fingerprint density at radius 3 is 2.13 bits per heavy atom. The van der Waals surface area contributed by atoms with Crippen molar-refractivity contribution in [3.05, 3.63) is 137 Å². The molecule has 9 heteroatoms. The van der Waals surface area contributed by atoms with E-state index >= 15 is 0 Å². The topological polar surface area (TPSA) is 90.2 Å². The van der Waals surface area contributed by atoms with Gasteiger partial charge in [0.1, 0.15) is 28.8 Å². The Bertz CT molecular complexity index is 1930. The first-order valence-corrected chi connectivity index (χ1v) is 14.3. The normalized spacial score (nSPS) is 12.2. The quantitative estimate of drug-likeness (QED) is 0.0911. The third-order valence-corrected chi connectivity index (χ3v) is 7.43. The van der Waals surface area contributed by atoms with E-state index in [1.165, 1.54) is 17.0 Å². The van der Waals surface area contributed by atoms with Crippen molar-refractivity contribution < 1.29 is 28.2 Å². The summed E-state index contributed by atoms with van der Waals surface area (Å²) in [4.78, 5) is 46.9. The minimum absolute atomic E-state index is 0.0173. The molecule has 0 radical (unpaired) electrons. The number of imide groups is 1. The molecule has 8 nitrogen and oxygen atoms in total. The number of carbonyl (C=O) groups is 3. The first-order chi connectivity index (χ1) is 21.9. The Morgan fingerprint density at radius 2 is 1.49 bits per heavy atom. The van der Waals surface area contributed by atoms with Crippen molar-refractivity contribution in [1.29, 1.82) is 0 Å². The SMILES string of the molecule is [C-]#[N+]c1cc2c(Oc3ccc(CC(=O)Cc4ccc(F)cc4)cc3)ccnc2cc1OCCCN1C(=O)c2ccccc2C1=O. The lowest BCUT2D eigenvalue weighted by Crippen LogP contribution is -2.31. The molecule has 0 spiro atoms. The van der Waals surface area contributed by atoms with E-state index in [2.05, 4.69) is 9.83 Å². The van der Waals surface area contributed by atoms with Crippen molar-refractivity contribution >= 4 is 34.2 Å². The molecule has 0 aliphatic carbocycles. The fourth-order valence-corrected chi connectivity index (χ4v) is 5.20. The van der Waals surface area contributed by atoms with Gasteiger partial charge in [0.2, 0.25) is 5.69 Å². The van der Waals surface area contributed by atoms with Crippen molar-refractivity contribution in [3.8, 4) is 17.2 Å². The third-order valence-electron chi connectivity index (χ3n) is 7.43. The van der Waals surface area contributed by atoms with E-state index in [1.54, 1.807) is 72.9 Å². The summed E-state index contributed by atoms with van der Waals surface area (Å²) in [7, 11) is 0. The highest BCUT2D eigenvalue weighted by Gasteiger charge is 2.34. The van der Waals surface area contributed by atoms with Crippen molar-refractivity contribution in [1.82, 2.24) is 9.88 Å². The fourth-order valence-electron chi connectivity index (χ4n) is 5.20. The number of ketones is 1. The third kappa shape index (κ3) is 6.40. The van der Waals surface area contributed by atoms with Crippen LogP contribution in [0.15, 0.2) is 97.2 Å². The molecule has 0 saturated heterocycles. The number of hydrogen-bond acceptors (Lipinski definition) is 6. The lowest BCUT2D eigenvalue weighted by molar-refractivity contribution is -0.117. The van der Waals surface area contributed by atoms with Crippen LogP contribution < -0.4 is 9.47 Å². The molecule has 1 aliphatic rings. The molecule has 4 aromatic carbocycles. The van der Waals surface area contributed by atoms with Crippen molar-refractivity contribution in [2.75, 3.05) is 13.2 Å². The highest BCUT2D eigenvalue weighted by molar-refractivity contribution is 6.21. The number of fused-ring (bicyclic) bond motifs is 2. The number of carbonyl (C=O) groups excluding carboxylic acids is 3. The number of rotatable bonds is 11. The second-order valence-corrected chi connectivity index (χ2v) is 10.5. The molecule has 0 unspecified atom stereocenters. The molecule has 0 saturated carbocycles. The van der Waals surface area contributed by atoms with E-state index in [0.29, 0.717) is 45.7 Å². The summed E-state index contributed by atoms with van der Waals surface area (Å²) >= 11 is 0. The average molecular weight is 600 g/mol. The Kier molecular flexibility index (Phi) is 8.29. The van der Waals surface area contributed by atoms with Gasteiger partial charge in [-0.3, -0.25) is 24.3 Å². The van der Waals surface area contributed by atoms with Crippen molar-refractivity contribution in [2.45, 2.75) is 19.3 Å². The van der Waals surface area contributed by atoms with E-state index in [-0.39, 0.29) is 55.1 Å². The molecule has 45 heavy (non-hydrogen) atoms. The highest BCUT2D eigenvalue weighted by Crippen LogP contribution is 2.37. The van der Waals surface area contributed by atoms with Gasteiger partial charge in [-0.2, -0.15) is 0 Å². The maximum atomic E-state index is 13.1. The zero-order valence-electron chi connectivity index (χ0n) is 24.0. The van der Waals surface area contributed by atoms with Crippen LogP contribution in [-0.2, 0) is 17.6 Å². The summed E-state index contributed by atoms with van der Waals surface area (Å²) in [5.74, 6) is 0.451. The van der Waals surface area contributed by atoms with E-state index in [9.17, 15) is 18.8 Å². The number of hydrogen-bond donors (Lipinski definition) is 0. The van der Waals surface area contributed by atoms with Crippen LogP contribution in [0.5, 0.6) is 17.2 Å². The molecule has 222 valence electrons. The Balaban J connectivity index is 1.08. The van der Waals surface area contributed by atoms with Gasteiger partial charge in [-0.05, 0) is 72.1 Å². The minimum Gasteiger partial charge on any atom is -0.504 e. The second kappa shape index (κ2) is 12.8. The smallest absolute Gasteiger partial charge is 0.261 e. The number of nitrogens with zero attached hydrogens (tertiary/aromatic N) is 3. The lowest BCUT2D eigenvalue weighted by Gasteiger charge is -2.15. The van der Waals surface area contributed by atoms with Crippen LogP contribution in [-0.4, -0.2) is 40.6 Å². The maximum Gasteiger partial charge on any atom is 0.261 e. The predicted molar refractivity (Wildman–Crippen MR) is 165 cm³/mol. The van der Waals surface area contributed by atoms with Crippen LogP contribution in [0.25, 0.3) is 15.7 Å². The van der Waals surface area contributed by atoms with Gasteiger partial charge < -0.3 is 9.47 Å². The first kappa shape index (κ1) is 29.2. The number of benzene rings is 4. The Morgan fingerprint density at radius 1 is 0.844 bits per heavy atom. The summed E-state index contributed by atoms with van der Waals surface area (Å²) in [6, 6.07) is 24.9. The van der Waals surface area contributed by atoms with Crippen molar-refractivity contribution in [3.63, 3.8) is 0 Å². The summed E-state index contributed by atoms with van der Waals surface area (Å²) in [6.45, 7) is 8.09. The largest absolute Gasteiger partial charge is 0.504 e. The zero-order chi connectivity index (χ0) is 31.3.